The van der Waals surface area contributed by atoms with Crippen LogP contribution in [0.1, 0.15) is 31.0 Å². The summed E-state index contributed by atoms with van der Waals surface area (Å²) >= 11 is 8.26. The fraction of sp³-hybridized carbons (Fsp3) is 0.269. The number of hydrogen-bond donors (Lipinski definition) is 0. The second kappa shape index (κ2) is 11.2. The van der Waals surface area contributed by atoms with Crippen LogP contribution in [0.25, 0.3) is 6.08 Å². The Kier molecular flexibility index (Phi) is 8.25. The molecule has 0 spiro atoms. The minimum Gasteiger partial charge on any atom is -0.494 e. The summed E-state index contributed by atoms with van der Waals surface area (Å²) in [5.74, 6) is 1.14. The Morgan fingerprint density at radius 1 is 1.08 bits per heavy atom. The van der Waals surface area contributed by atoms with Gasteiger partial charge in [-0.05, 0) is 87.2 Å². The number of esters is 1. The molecule has 0 N–H and O–H groups in total. The molecule has 194 valence electrons. The highest BCUT2D eigenvalue weighted by Crippen LogP contribution is 2.36. The molecule has 0 aliphatic carbocycles. The normalized spacial score (nSPS) is 15.2. The SMILES string of the molecule is CCOC(=O)C1=C(C)N=c2s/c(=C\c3cc(Br)c(OC)c(Br)c3)c(=O)n2[C@H]1c1ccc(OC)c(OC)c1. The summed E-state index contributed by atoms with van der Waals surface area (Å²) in [6.45, 7) is 3.67. The Hall–Kier alpha value is -2.89. The van der Waals surface area contributed by atoms with Crippen LogP contribution in [-0.4, -0.2) is 38.5 Å². The minimum atomic E-state index is -0.758. The molecule has 2 aromatic carbocycles. The van der Waals surface area contributed by atoms with E-state index in [2.05, 4.69) is 36.9 Å². The molecule has 0 radical (unpaired) electrons. The number of methoxy groups -OCH3 is 3. The van der Waals surface area contributed by atoms with Crippen LogP contribution in [0, 0.1) is 0 Å². The summed E-state index contributed by atoms with van der Waals surface area (Å²) in [5, 5.41) is 0. The minimum absolute atomic E-state index is 0.194. The van der Waals surface area contributed by atoms with Gasteiger partial charge in [-0.25, -0.2) is 9.79 Å². The molecular formula is C26H24Br2N2O6S. The third-order valence-corrected chi connectivity index (χ3v) is 7.92. The first-order valence-electron chi connectivity index (χ1n) is 11.2. The van der Waals surface area contributed by atoms with Crippen LogP contribution < -0.4 is 29.1 Å². The van der Waals surface area contributed by atoms with Crippen LogP contribution in [0.2, 0.25) is 0 Å². The number of aromatic nitrogens is 1. The zero-order valence-electron chi connectivity index (χ0n) is 20.8. The van der Waals surface area contributed by atoms with Crippen molar-refractivity contribution in [2.24, 2.45) is 4.99 Å². The number of thiazole rings is 1. The number of carbonyl (C=O) groups excluding carboxylic acids is 1. The van der Waals surface area contributed by atoms with Crippen molar-refractivity contribution in [3.05, 3.63) is 81.4 Å². The van der Waals surface area contributed by atoms with E-state index in [0.29, 0.717) is 43.4 Å². The molecule has 8 nitrogen and oxygen atoms in total. The zero-order valence-corrected chi connectivity index (χ0v) is 24.7. The molecule has 0 amide bonds. The van der Waals surface area contributed by atoms with Crippen molar-refractivity contribution in [1.82, 2.24) is 4.57 Å². The molecule has 0 saturated carbocycles. The average molecular weight is 652 g/mol. The third-order valence-electron chi connectivity index (χ3n) is 5.76. The third kappa shape index (κ3) is 5.12. The summed E-state index contributed by atoms with van der Waals surface area (Å²) in [7, 11) is 4.66. The van der Waals surface area contributed by atoms with Crippen LogP contribution >= 0.6 is 43.2 Å². The molecule has 0 bridgehead atoms. The summed E-state index contributed by atoms with van der Waals surface area (Å²) in [6, 6.07) is 8.28. The van der Waals surface area contributed by atoms with Gasteiger partial charge in [-0.2, -0.15) is 0 Å². The van der Waals surface area contributed by atoms with Gasteiger partial charge in [0, 0.05) is 0 Å². The Morgan fingerprint density at radius 2 is 1.76 bits per heavy atom. The molecule has 1 aliphatic heterocycles. The van der Waals surface area contributed by atoms with E-state index in [1.807, 2.05) is 12.1 Å². The lowest BCUT2D eigenvalue weighted by atomic mass is 9.95. The zero-order chi connectivity index (χ0) is 26.9. The summed E-state index contributed by atoms with van der Waals surface area (Å²) in [6.07, 6.45) is 1.79. The van der Waals surface area contributed by atoms with E-state index >= 15 is 0 Å². The molecule has 11 heteroatoms. The number of rotatable bonds is 7. The number of carbonyl (C=O) groups is 1. The molecular weight excluding hydrogens is 628 g/mol. The largest absolute Gasteiger partial charge is 0.494 e. The van der Waals surface area contributed by atoms with Crippen LogP contribution in [0.15, 0.2) is 60.3 Å². The molecule has 0 saturated heterocycles. The fourth-order valence-electron chi connectivity index (χ4n) is 4.14. The van der Waals surface area contributed by atoms with E-state index in [1.54, 1.807) is 52.3 Å². The van der Waals surface area contributed by atoms with E-state index in [4.69, 9.17) is 18.9 Å². The lowest BCUT2D eigenvalue weighted by molar-refractivity contribution is -0.139. The number of hydrogen-bond acceptors (Lipinski definition) is 8. The molecule has 0 unspecified atom stereocenters. The second-order valence-electron chi connectivity index (χ2n) is 7.93. The van der Waals surface area contributed by atoms with Crippen LogP contribution in [0.5, 0.6) is 17.2 Å². The average Bonchev–Trinajstić information content (AvgIpc) is 3.16. The Morgan fingerprint density at radius 3 is 2.35 bits per heavy atom. The van der Waals surface area contributed by atoms with Crippen molar-refractivity contribution in [3.63, 3.8) is 0 Å². The monoisotopic (exact) mass is 650 g/mol. The maximum atomic E-state index is 13.8. The molecule has 1 aromatic heterocycles. The molecule has 4 rings (SSSR count). The molecule has 2 heterocycles. The van der Waals surface area contributed by atoms with Gasteiger partial charge in [0.05, 0.1) is 58.7 Å². The molecule has 0 fully saturated rings. The van der Waals surface area contributed by atoms with E-state index in [-0.39, 0.29) is 12.2 Å². The van der Waals surface area contributed by atoms with Crippen molar-refractivity contribution in [1.29, 1.82) is 0 Å². The lowest BCUT2D eigenvalue weighted by Crippen LogP contribution is -2.40. The maximum absolute atomic E-state index is 13.8. The summed E-state index contributed by atoms with van der Waals surface area (Å²) in [5.41, 5.74) is 1.95. The van der Waals surface area contributed by atoms with Crippen LogP contribution in [-0.2, 0) is 9.53 Å². The Balaban J connectivity index is 1.96. The molecule has 1 atom stereocenters. The highest BCUT2D eigenvalue weighted by Gasteiger charge is 2.34. The predicted octanol–water partition coefficient (Wildman–Crippen LogP) is 4.35. The highest BCUT2D eigenvalue weighted by molar-refractivity contribution is 9.11. The van der Waals surface area contributed by atoms with Gasteiger partial charge in [0.2, 0.25) is 0 Å². The fourth-order valence-corrected chi connectivity index (χ4v) is 6.73. The first-order valence-corrected chi connectivity index (χ1v) is 13.6. The number of fused-ring (bicyclic) bond motifs is 1. The number of ether oxygens (including phenoxy) is 4. The number of allylic oxidation sites excluding steroid dienone is 1. The van der Waals surface area contributed by atoms with Crippen LogP contribution in [0.3, 0.4) is 0 Å². The van der Waals surface area contributed by atoms with Gasteiger partial charge in [0.15, 0.2) is 16.3 Å². The van der Waals surface area contributed by atoms with Crippen molar-refractivity contribution < 1.29 is 23.7 Å². The van der Waals surface area contributed by atoms with Gasteiger partial charge >= 0.3 is 5.97 Å². The van der Waals surface area contributed by atoms with Crippen LogP contribution in [0.4, 0.5) is 0 Å². The molecule has 37 heavy (non-hydrogen) atoms. The van der Waals surface area contributed by atoms with Gasteiger partial charge < -0.3 is 18.9 Å². The van der Waals surface area contributed by atoms with Gasteiger partial charge in [0.1, 0.15) is 5.75 Å². The van der Waals surface area contributed by atoms with E-state index < -0.39 is 12.0 Å². The smallest absolute Gasteiger partial charge is 0.338 e. The summed E-state index contributed by atoms with van der Waals surface area (Å²) in [4.78, 5) is 32.0. The Bertz CT molecular complexity index is 1570. The molecule has 3 aromatic rings. The highest BCUT2D eigenvalue weighted by atomic mass is 79.9. The van der Waals surface area contributed by atoms with Crippen molar-refractivity contribution in [2.45, 2.75) is 19.9 Å². The number of benzene rings is 2. The van der Waals surface area contributed by atoms with Crippen molar-refractivity contribution in [2.75, 3.05) is 27.9 Å². The van der Waals surface area contributed by atoms with Gasteiger partial charge in [-0.3, -0.25) is 9.36 Å². The lowest BCUT2D eigenvalue weighted by Gasteiger charge is -2.25. The standard InChI is InChI=1S/C26H24Br2N2O6S/c1-6-36-25(32)21-13(2)29-26-30(22(21)15-7-8-18(33-3)19(12-15)34-4)24(31)20(37-26)11-14-9-16(27)23(35-5)17(28)10-14/h7-12,22H,6H2,1-5H3/b20-11-/t22-/m0/s1. The van der Waals surface area contributed by atoms with E-state index in [1.165, 1.54) is 23.0 Å². The number of halogens is 2. The van der Waals surface area contributed by atoms with E-state index in [0.717, 1.165) is 14.5 Å². The first-order chi connectivity index (χ1) is 17.7. The van der Waals surface area contributed by atoms with Gasteiger partial charge in [0.25, 0.3) is 5.56 Å². The maximum Gasteiger partial charge on any atom is 0.338 e. The van der Waals surface area contributed by atoms with Crippen molar-refractivity contribution >= 4 is 55.2 Å². The quantitative estimate of drug-likeness (QED) is 0.353. The van der Waals surface area contributed by atoms with E-state index in [9.17, 15) is 9.59 Å². The Labute approximate surface area is 234 Å². The van der Waals surface area contributed by atoms with Gasteiger partial charge in [-0.1, -0.05) is 17.4 Å². The predicted molar refractivity (Wildman–Crippen MR) is 148 cm³/mol. The number of nitrogens with zero attached hydrogens (tertiary/aromatic N) is 2. The van der Waals surface area contributed by atoms with Crippen molar-refractivity contribution in [3.8, 4) is 17.2 Å². The first kappa shape index (κ1) is 27.2. The molecule has 1 aliphatic rings. The second-order valence-corrected chi connectivity index (χ2v) is 10.7. The summed E-state index contributed by atoms with van der Waals surface area (Å²) < 4.78 is 25.1. The van der Waals surface area contributed by atoms with Gasteiger partial charge in [-0.15, -0.1) is 0 Å². The topological polar surface area (TPSA) is 88.4 Å².